The summed E-state index contributed by atoms with van der Waals surface area (Å²) in [5.74, 6) is 0. The van der Waals surface area contributed by atoms with Gasteiger partial charge in [-0.3, -0.25) is 0 Å². The molecular formula is C6H8I4Te2. The number of hydrogen-bond acceptors (Lipinski definition) is 0. The summed E-state index contributed by atoms with van der Waals surface area (Å²) in [4.78, 5) is 0. The van der Waals surface area contributed by atoms with E-state index in [2.05, 4.69) is 74.8 Å². The second-order valence-electron chi connectivity index (χ2n) is 3.18. The first-order valence-electron chi connectivity index (χ1n) is 3.44. The Morgan fingerprint density at radius 3 is 1.17 bits per heavy atom. The summed E-state index contributed by atoms with van der Waals surface area (Å²) in [6.07, 6.45) is 0. The Hall–Kier alpha value is 4.24. The molecule has 0 radical (unpaired) electrons. The van der Waals surface area contributed by atoms with Crippen LogP contribution >= 0.6 is 74.8 Å². The summed E-state index contributed by atoms with van der Waals surface area (Å²) < 4.78 is 6.27. The fraction of sp³-hybridized carbons (Fsp3) is 0.667. The first-order chi connectivity index (χ1) is 5.38. The second-order valence-corrected chi connectivity index (χ2v) is 82.3. The van der Waals surface area contributed by atoms with Gasteiger partial charge in [0.25, 0.3) is 0 Å². The Balaban J connectivity index is 2.14. The Kier molecular flexibility index (Phi) is 4.75. The number of rotatable bonds is 0. The van der Waals surface area contributed by atoms with Crippen molar-refractivity contribution in [2.75, 3.05) is 0 Å². The molecule has 0 aromatic rings. The molecule has 0 unspecified atom stereocenters. The van der Waals surface area contributed by atoms with Gasteiger partial charge in [-0.15, -0.1) is 0 Å². The monoisotopic (exact) mass is 847 g/mol. The molecule has 2 aliphatic rings. The molecule has 0 nitrogen and oxygen atoms in total. The zero-order valence-electron chi connectivity index (χ0n) is 6.16. The zero-order valence-corrected chi connectivity index (χ0v) is 19.4. The fourth-order valence-electron chi connectivity index (χ4n) is 1.61. The summed E-state index contributed by atoms with van der Waals surface area (Å²) in [6.45, 7) is 0. The molecule has 0 aromatic heterocycles. The van der Waals surface area contributed by atoms with E-state index in [0.717, 1.165) is 0 Å². The van der Waals surface area contributed by atoms with E-state index in [0.29, 0.717) is 0 Å². The average Bonchev–Trinajstić information content (AvgIpc) is 2.12. The fourth-order valence-corrected chi connectivity index (χ4v) is 34.2. The quantitative estimate of drug-likeness (QED) is 0.185. The minimum atomic E-state index is -1.31. The van der Waals surface area contributed by atoms with Crippen LogP contribution < -0.4 is 0 Å². The van der Waals surface area contributed by atoms with Crippen LogP contribution in [-0.4, -0.2) is 20.6 Å². The van der Waals surface area contributed by atoms with E-state index in [9.17, 15) is 0 Å². The van der Waals surface area contributed by atoms with Gasteiger partial charge < -0.3 is 0 Å². The van der Waals surface area contributed by atoms with E-state index in [-0.39, 0.29) is 0 Å². The van der Waals surface area contributed by atoms with Gasteiger partial charge >= 0.3 is 124 Å². The molecule has 0 atom stereocenters. The van der Waals surface area contributed by atoms with Crippen LogP contribution in [0.5, 0.6) is 0 Å². The van der Waals surface area contributed by atoms with Gasteiger partial charge in [-0.25, -0.2) is 0 Å². The molecule has 0 amide bonds. The maximum absolute atomic E-state index is 2.82. The van der Waals surface area contributed by atoms with Crippen molar-refractivity contribution in [2.45, 2.75) is 17.9 Å². The molecule has 2 rings (SSSR count). The summed E-state index contributed by atoms with van der Waals surface area (Å²) in [5.41, 5.74) is 3.87. The van der Waals surface area contributed by atoms with Crippen molar-refractivity contribution >= 4 is 95.4 Å². The summed E-state index contributed by atoms with van der Waals surface area (Å²) in [7, 11) is -2.62. The van der Waals surface area contributed by atoms with Crippen molar-refractivity contribution in [3.63, 3.8) is 0 Å². The molecule has 0 spiro atoms. The van der Waals surface area contributed by atoms with Crippen molar-refractivity contribution in [1.82, 2.24) is 0 Å². The number of hydrogen-bond donors (Lipinski definition) is 0. The van der Waals surface area contributed by atoms with Crippen molar-refractivity contribution in [1.29, 1.82) is 0 Å². The third-order valence-electron chi connectivity index (χ3n) is 2.04. The molecule has 72 valence electrons. The molecule has 6 heteroatoms. The van der Waals surface area contributed by atoms with Crippen LogP contribution in [0.2, 0.25) is 17.9 Å². The van der Waals surface area contributed by atoms with Gasteiger partial charge in [0, 0.05) is 0 Å². The average molecular weight is 843 g/mol. The van der Waals surface area contributed by atoms with E-state index in [1.54, 1.807) is 17.9 Å². The number of allylic oxidation sites excluding steroid dienone is 2. The first-order valence-corrected chi connectivity index (χ1v) is 37.2. The van der Waals surface area contributed by atoms with Gasteiger partial charge in [-0.2, -0.15) is 0 Å². The van der Waals surface area contributed by atoms with E-state index in [1.165, 1.54) is 0 Å². The Bertz CT molecular complexity index is 212. The van der Waals surface area contributed by atoms with Crippen molar-refractivity contribution in [3.8, 4) is 0 Å². The van der Waals surface area contributed by atoms with Crippen LogP contribution in [0.4, 0.5) is 0 Å². The van der Waals surface area contributed by atoms with Gasteiger partial charge in [-0.1, -0.05) is 0 Å². The first kappa shape index (κ1) is 12.7. The predicted molar refractivity (Wildman–Crippen MR) is 93.8 cm³/mol. The Morgan fingerprint density at radius 2 is 0.917 bits per heavy atom. The van der Waals surface area contributed by atoms with Crippen LogP contribution in [0.3, 0.4) is 0 Å². The second kappa shape index (κ2) is 4.49. The third-order valence-corrected chi connectivity index (χ3v) is 27.6. The van der Waals surface area contributed by atoms with Gasteiger partial charge in [0.15, 0.2) is 0 Å². The van der Waals surface area contributed by atoms with E-state index >= 15 is 0 Å². The van der Waals surface area contributed by atoms with Crippen LogP contribution in [0.1, 0.15) is 0 Å². The molecule has 0 aromatic carbocycles. The number of halogens is 4. The molecule has 0 aliphatic carbocycles. The maximum atomic E-state index is 2.82. The molecule has 0 bridgehead atoms. The van der Waals surface area contributed by atoms with E-state index in [1.807, 2.05) is 11.1 Å². The molecule has 12 heavy (non-hydrogen) atoms. The van der Waals surface area contributed by atoms with Crippen LogP contribution in [0.15, 0.2) is 11.1 Å². The van der Waals surface area contributed by atoms with Crippen molar-refractivity contribution in [3.05, 3.63) is 11.1 Å². The molecule has 0 saturated heterocycles. The standard InChI is InChI=1S/C6H8I4Te2/c7-11(8)1-5-2-12(9,10)4-6(5)3-11/h1-4H2. The molecule has 0 N–H and O–H groups in total. The summed E-state index contributed by atoms with van der Waals surface area (Å²) >= 11 is 11.3. The van der Waals surface area contributed by atoms with Crippen molar-refractivity contribution in [2.24, 2.45) is 0 Å². The van der Waals surface area contributed by atoms with E-state index in [4.69, 9.17) is 0 Å². The SMILES string of the molecule is I[Te]1(I)CC2=C(C1)C[Te](I)(I)C2. The van der Waals surface area contributed by atoms with Gasteiger partial charge in [0.2, 0.25) is 0 Å². The molecule has 2 aliphatic heterocycles. The zero-order chi connectivity index (χ0) is 8.98. The summed E-state index contributed by atoms with van der Waals surface area (Å²) in [5, 5.41) is 0. The van der Waals surface area contributed by atoms with E-state index < -0.39 is 20.6 Å². The predicted octanol–water partition coefficient (Wildman–Crippen LogP) is 4.93. The molecule has 2 heterocycles. The van der Waals surface area contributed by atoms with Gasteiger partial charge in [0.05, 0.1) is 0 Å². The van der Waals surface area contributed by atoms with Gasteiger partial charge in [0.1, 0.15) is 0 Å². The van der Waals surface area contributed by atoms with Crippen molar-refractivity contribution < 1.29 is 0 Å². The normalized spacial score (nSPS) is 36.3. The Labute approximate surface area is 120 Å². The molecule has 0 saturated carbocycles. The minimum absolute atomic E-state index is 1.31. The van der Waals surface area contributed by atoms with Crippen LogP contribution in [-0.2, 0) is 0 Å². The Morgan fingerprint density at radius 1 is 0.667 bits per heavy atom. The third kappa shape index (κ3) is 3.13. The molecular weight excluding hydrogens is 835 g/mol. The van der Waals surface area contributed by atoms with Crippen LogP contribution in [0, 0.1) is 0 Å². The summed E-state index contributed by atoms with van der Waals surface area (Å²) in [6, 6.07) is 0. The van der Waals surface area contributed by atoms with Crippen LogP contribution in [0.25, 0.3) is 0 Å². The van der Waals surface area contributed by atoms with Gasteiger partial charge in [-0.05, 0) is 0 Å². The topological polar surface area (TPSA) is 0 Å². The molecule has 0 fully saturated rings.